The van der Waals surface area contributed by atoms with Crippen molar-refractivity contribution in [3.8, 4) is 0 Å². The van der Waals surface area contributed by atoms with E-state index in [1.807, 2.05) is 24.3 Å². The van der Waals surface area contributed by atoms with Crippen molar-refractivity contribution in [1.82, 2.24) is 15.5 Å². The molecule has 5 nitrogen and oxygen atoms in total. The summed E-state index contributed by atoms with van der Waals surface area (Å²) in [5.41, 5.74) is 3.62. The maximum atomic E-state index is 9.63. The average Bonchev–Trinajstić information content (AvgIpc) is 2.73. The Morgan fingerprint density at radius 2 is 1.79 bits per heavy atom. The molecule has 0 aliphatic carbocycles. The van der Waals surface area contributed by atoms with Gasteiger partial charge in [0.1, 0.15) is 0 Å². The average molecular weight is 415 g/mol. The molecular formula is C23H31ClN4O. The Balaban J connectivity index is 1.50. The number of guanidine groups is 1. The van der Waals surface area contributed by atoms with Crippen LogP contribution < -0.4 is 10.6 Å². The number of likely N-dealkylation sites (tertiary alicyclic amines) is 1. The predicted octanol–water partition coefficient (Wildman–Crippen LogP) is 3.55. The van der Waals surface area contributed by atoms with Crippen LogP contribution in [0.15, 0.2) is 53.5 Å². The second-order valence-electron chi connectivity index (χ2n) is 7.50. The van der Waals surface area contributed by atoms with Crippen LogP contribution in [0.2, 0.25) is 5.02 Å². The third-order valence-corrected chi connectivity index (χ3v) is 5.33. The van der Waals surface area contributed by atoms with Crippen LogP contribution in [0.25, 0.3) is 0 Å². The standard InChI is InChI=1S/C23H31ClN4O/c1-2-25-23(27-16-20-4-3-5-21(24)14-20)26-15-18-6-8-19(9-7-18)17-28-12-10-22(29)11-13-28/h3-9,14,22,29H,2,10-13,15-17H2,1H3,(H2,25,26,27). The third kappa shape index (κ3) is 7.35. The highest BCUT2D eigenvalue weighted by Gasteiger charge is 2.16. The highest BCUT2D eigenvalue weighted by Crippen LogP contribution is 2.14. The Morgan fingerprint density at radius 1 is 1.07 bits per heavy atom. The molecule has 0 saturated carbocycles. The molecule has 0 unspecified atom stereocenters. The topological polar surface area (TPSA) is 59.9 Å². The van der Waals surface area contributed by atoms with Crippen LogP contribution in [0, 0.1) is 0 Å². The number of nitrogens with one attached hydrogen (secondary N) is 2. The van der Waals surface area contributed by atoms with Gasteiger partial charge in [-0.15, -0.1) is 0 Å². The van der Waals surface area contributed by atoms with E-state index in [4.69, 9.17) is 11.6 Å². The molecular weight excluding hydrogens is 384 g/mol. The fraction of sp³-hybridized carbons (Fsp3) is 0.435. The second-order valence-corrected chi connectivity index (χ2v) is 7.94. The first-order chi connectivity index (χ1) is 14.1. The van der Waals surface area contributed by atoms with Crippen molar-refractivity contribution >= 4 is 17.6 Å². The Bertz CT molecular complexity index is 786. The summed E-state index contributed by atoms with van der Waals surface area (Å²) >= 11 is 6.05. The number of benzene rings is 2. The first kappa shape index (κ1) is 21.6. The molecule has 1 aliphatic rings. The quantitative estimate of drug-likeness (QED) is 0.479. The van der Waals surface area contributed by atoms with Gasteiger partial charge < -0.3 is 15.7 Å². The molecule has 0 aromatic heterocycles. The van der Waals surface area contributed by atoms with Crippen molar-refractivity contribution in [2.24, 2.45) is 4.99 Å². The van der Waals surface area contributed by atoms with Crippen molar-refractivity contribution in [3.63, 3.8) is 0 Å². The Morgan fingerprint density at radius 3 is 2.48 bits per heavy atom. The van der Waals surface area contributed by atoms with Gasteiger partial charge in [0.15, 0.2) is 5.96 Å². The highest BCUT2D eigenvalue weighted by molar-refractivity contribution is 6.30. The molecule has 2 aromatic rings. The maximum absolute atomic E-state index is 9.63. The van der Waals surface area contributed by atoms with Crippen LogP contribution in [-0.4, -0.2) is 41.7 Å². The zero-order chi connectivity index (χ0) is 20.5. The van der Waals surface area contributed by atoms with E-state index in [-0.39, 0.29) is 6.10 Å². The zero-order valence-electron chi connectivity index (χ0n) is 17.1. The van der Waals surface area contributed by atoms with Crippen molar-refractivity contribution < 1.29 is 5.11 Å². The number of hydrogen-bond acceptors (Lipinski definition) is 3. The zero-order valence-corrected chi connectivity index (χ0v) is 17.8. The number of piperidine rings is 1. The minimum absolute atomic E-state index is 0.119. The minimum Gasteiger partial charge on any atom is -0.393 e. The largest absolute Gasteiger partial charge is 0.393 e. The Kier molecular flexibility index (Phi) is 8.35. The van der Waals surface area contributed by atoms with Crippen molar-refractivity contribution in [3.05, 3.63) is 70.2 Å². The van der Waals surface area contributed by atoms with E-state index in [2.05, 4.69) is 51.7 Å². The molecule has 1 fully saturated rings. The lowest BCUT2D eigenvalue weighted by atomic mass is 10.1. The molecule has 0 bridgehead atoms. The lowest BCUT2D eigenvalue weighted by molar-refractivity contribution is 0.0792. The van der Waals surface area contributed by atoms with E-state index in [1.54, 1.807) is 0 Å². The van der Waals surface area contributed by atoms with E-state index in [1.165, 1.54) is 11.1 Å². The summed E-state index contributed by atoms with van der Waals surface area (Å²) in [5, 5.41) is 17.0. The van der Waals surface area contributed by atoms with E-state index < -0.39 is 0 Å². The van der Waals surface area contributed by atoms with Gasteiger partial charge in [-0.3, -0.25) is 4.90 Å². The summed E-state index contributed by atoms with van der Waals surface area (Å²) in [7, 11) is 0. The lowest BCUT2D eigenvalue weighted by Crippen LogP contribution is -2.36. The Hall–Kier alpha value is -2.08. The summed E-state index contributed by atoms with van der Waals surface area (Å²) in [4.78, 5) is 7.06. The number of halogens is 1. The second kappa shape index (κ2) is 11.2. The van der Waals surface area contributed by atoms with Crippen LogP contribution in [0.1, 0.15) is 36.5 Å². The molecule has 29 heavy (non-hydrogen) atoms. The van der Waals surface area contributed by atoms with Gasteiger partial charge in [-0.2, -0.15) is 0 Å². The number of aliphatic hydroxyl groups is 1. The van der Waals surface area contributed by atoms with Gasteiger partial charge in [0.05, 0.1) is 12.6 Å². The summed E-state index contributed by atoms with van der Waals surface area (Å²) < 4.78 is 0. The van der Waals surface area contributed by atoms with Gasteiger partial charge in [0, 0.05) is 37.7 Å². The smallest absolute Gasteiger partial charge is 0.191 e. The van der Waals surface area contributed by atoms with Gasteiger partial charge in [-0.1, -0.05) is 48.0 Å². The summed E-state index contributed by atoms with van der Waals surface area (Å²) in [6.07, 6.45) is 1.64. The van der Waals surface area contributed by atoms with Crippen LogP contribution in [0.3, 0.4) is 0 Å². The van der Waals surface area contributed by atoms with Crippen LogP contribution in [-0.2, 0) is 19.6 Å². The van der Waals surface area contributed by atoms with E-state index in [0.717, 1.165) is 62.1 Å². The lowest BCUT2D eigenvalue weighted by Gasteiger charge is -2.29. The highest BCUT2D eigenvalue weighted by atomic mass is 35.5. The van der Waals surface area contributed by atoms with Crippen LogP contribution in [0.4, 0.5) is 0 Å². The third-order valence-electron chi connectivity index (χ3n) is 5.10. The summed E-state index contributed by atoms with van der Waals surface area (Å²) in [6.45, 7) is 7.07. The molecule has 0 atom stereocenters. The molecule has 3 rings (SSSR count). The molecule has 2 aromatic carbocycles. The molecule has 1 heterocycles. The summed E-state index contributed by atoms with van der Waals surface area (Å²) in [5.74, 6) is 0.795. The molecule has 1 aliphatic heterocycles. The van der Waals surface area contributed by atoms with E-state index in [0.29, 0.717) is 6.54 Å². The van der Waals surface area contributed by atoms with Gasteiger partial charge >= 0.3 is 0 Å². The first-order valence-corrected chi connectivity index (χ1v) is 10.7. The molecule has 0 amide bonds. The van der Waals surface area contributed by atoms with Crippen molar-refractivity contribution in [2.75, 3.05) is 19.6 Å². The van der Waals surface area contributed by atoms with Crippen LogP contribution >= 0.6 is 11.6 Å². The normalized spacial score (nSPS) is 16.0. The van der Waals surface area contributed by atoms with Gasteiger partial charge in [0.25, 0.3) is 0 Å². The molecule has 0 radical (unpaired) electrons. The van der Waals surface area contributed by atoms with Gasteiger partial charge in [0.2, 0.25) is 0 Å². The Labute approximate surface area is 178 Å². The van der Waals surface area contributed by atoms with E-state index >= 15 is 0 Å². The minimum atomic E-state index is -0.119. The molecule has 6 heteroatoms. The predicted molar refractivity (Wildman–Crippen MR) is 120 cm³/mol. The maximum Gasteiger partial charge on any atom is 0.191 e. The number of rotatable bonds is 7. The molecule has 0 spiro atoms. The number of aliphatic imine (C=N–C) groups is 1. The van der Waals surface area contributed by atoms with Gasteiger partial charge in [-0.25, -0.2) is 4.99 Å². The van der Waals surface area contributed by atoms with Crippen LogP contribution in [0.5, 0.6) is 0 Å². The number of nitrogens with zero attached hydrogens (tertiary/aromatic N) is 2. The fourth-order valence-electron chi connectivity index (χ4n) is 3.43. The van der Waals surface area contributed by atoms with Gasteiger partial charge in [-0.05, 0) is 48.6 Å². The summed E-state index contributed by atoms with van der Waals surface area (Å²) in [6, 6.07) is 16.5. The van der Waals surface area contributed by atoms with Crippen molar-refractivity contribution in [2.45, 2.75) is 45.5 Å². The van der Waals surface area contributed by atoms with Crippen molar-refractivity contribution in [1.29, 1.82) is 0 Å². The molecule has 1 saturated heterocycles. The molecule has 3 N–H and O–H groups in total. The fourth-order valence-corrected chi connectivity index (χ4v) is 3.64. The monoisotopic (exact) mass is 414 g/mol. The molecule has 156 valence electrons. The van der Waals surface area contributed by atoms with E-state index in [9.17, 15) is 5.11 Å². The SMILES string of the molecule is CCNC(=NCc1cccc(Cl)c1)NCc1ccc(CN2CCC(O)CC2)cc1. The first-order valence-electron chi connectivity index (χ1n) is 10.4. The number of hydrogen-bond donors (Lipinski definition) is 3. The number of aliphatic hydroxyl groups excluding tert-OH is 1.